The van der Waals surface area contributed by atoms with Gasteiger partial charge in [-0.15, -0.1) is 0 Å². The van der Waals surface area contributed by atoms with Crippen molar-refractivity contribution in [1.29, 1.82) is 0 Å². The number of likely N-dealkylation sites (tertiary alicyclic amines) is 1. The quantitative estimate of drug-likeness (QED) is 0.884. The normalized spacial score (nSPS) is 22.0. The summed E-state index contributed by atoms with van der Waals surface area (Å²) < 4.78 is 0. The first kappa shape index (κ1) is 13.1. The van der Waals surface area contributed by atoms with Crippen molar-refractivity contribution in [3.8, 4) is 0 Å². The number of benzene rings is 1. The van der Waals surface area contributed by atoms with Gasteiger partial charge in [0, 0.05) is 6.54 Å². The van der Waals surface area contributed by atoms with Crippen molar-refractivity contribution in [3.63, 3.8) is 0 Å². The van der Waals surface area contributed by atoms with Gasteiger partial charge in [-0.25, -0.2) is 0 Å². The van der Waals surface area contributed by atoms with Crippen molar-refractivity contribution in [1.82, 2.24) is 10.2 Å². The van der Waals surface area contributed by atoms with E-state index in [0.29, 0.717) is 0 Å². The highest BCUT2D eigenvalue weighted by molar-refractivity contribution is 5.83. The second kappa shape index (κ2) is 6.01. The Kier molecular flexibility index (Phi) is 4.37. The summed E-state index contributed by atoms with van der Waals surface area (Å²) in [5.41, 5.74) is 1.24. The van der Waals surface area contributed by atoms with Crippen LogP contribution in [0, 0.1) is 0 Å². The predicted octanol–water partition coefficient (Wildman–Crippen LogP) is 2.35. The third-order valence-corrected chi connectivity index (χ3v) is 3.77. The molecule has 0 aliphatic carbocycles. The van der Waals surface area contributed by atoms with Gasteiger partial charge in [0.25, 0.3) is 0 Å². The monoisotopic (exact) mass is 246 g/mol. The predicted molar refractivity (Wildman–Crippen MR) is 73.3 cm³/mol. The number of nitrogens with one attached hydrogen (secondary N) is 1. The Labute approximate surface area is 109 Å². The van der Waals surface area contributed by atoms with Crippen LogP contribution in [0.25, 0.3) is 0 Å². The summed E-state index contributed by atoms with van der Waals surface area (Å²) in [4.78, 5) is 14.4. The fourth-order valence-electron chi connectivity index (χ4n) is 2.79. The van der Waals surface area contributed by atoms with E-state index < -0.39 is 0 Å². The Morgan fingerprint density at radius 3 is 2.72 bits per heavy atom. The highest BCUT2D eigenvalue weighted by atomic mass is 16.2. The molecule has 1 aliphatic rings. The summed E-state index contributed by atoms with van der Waals surface area (Å²) in [6.07, 6.45) is 3.00. The molecule has 1 aromatic rings. The zero-order valence-electron chi connectivity index (χ0n) is 11.2. The maximum absolute atomic E-state index is 12.4. The van der Waals surface area contributed by atoms with E-state index in [-0.39, 0.29) is 18.0 Å². The van der Waals surface area contributed by atoms with Crippen LogP contribution < -0.4 is 5.32 Å². The molecule has 1 amide bonds. The van der Waals surface area contributed by atoms with Gasteiger partial charge in [0.2, 0.25) is 5.91 Å². The summed E-state index contributed by atoms with van der Waals surface area (Å²) in [7, 11) is 1.87. The van der Waals surface area contributed by atoms with Crippen LogP contribution in [0.15, 0.2) is 30.3 Å². The molecule has 0 aromatic heterocycles. The van der Waals surface area contributed by atoms with Crippen molar-refractivity contribution in [2.45, 2.75) is 38.3 Å². The molecule has 1 fully saturated rings. The molecular weight excluding hydrogens is 224 g/mol. The molecule has 1 aromatic carbocycles. The van der Waals surface area contributed by atoms with Crippen molar-refractivity contribution in [2.75, 3.05) is 13.6 Å². The maximum atomic E-state index is 12.4. The van der Waals surface area contributed by atoms with Crippen molar-refractivity contribution in [3.05, 3.63) is 35.9 Å². The number of carbonyl (C=O) groups is 1. The second-order valence-electron chi connectivity index (χ2n) is 4.85. The summed E-state index contributed by atoms with van der Waals surface area (Å²) in [6, 6.07) is 10.6. The minimum atomic E-state index is -0.00323. The molecule has 98 valence electrons. The molecule has 2 atom stereocenters. The molecule has 1 saturated heterocycles. The number of hydrogen-bond acceptors (Lipinski definition) is 2. The molecule has 0 bridgehead atoms. The van der Waals surface area contributed by atoms with Gasteiger partial charge in [-0.1, -0.05) is 37.3 Å². The van der Waals surface area contributed by atoms with Crippen molar-refractivity contribution in [2.24, 2.45) is 0 Å². The molecule has 3 heteroatoms. The van der Waals surface area contributed by atoms with E-state index in [0.717, 1.165) is 25.8 Å². The maximum Gasteiger partial charge on any atom is 0.240 e. The summed E-state index contributed by atoms with van der Waals surface area (Å²) in [5, 5.41) is 3.12. The molecule has 1 N–H and O–H groups in total. The average molecular weight is 246 g/mol. The van der Waals surface area contributed by atoms with Gasteiger partial charge in [-0.2, -0.15) is 0 Å². The van der Waals surface area contributed by atoms with E-state index in [4.69, 9.17) is 0 Å². The molecule has 3 nitrogen and oxygen atoms in total. The third kappa shape index (κ3) is 2.56. The van der Waals surface area contributed by atoms with E-state index >= 15 is 0 Å². The number of amides is 1. The van der Waals surface area contributed by atoms with E-state index in [9.17, 15) is 4.79 Å². The Hall–Kier alpha value is -1.35. The van der Waals surface area contributed by atoms with Gasteiger partial charge in [0.1, 0.15) is 0 Å². The standard InChI is InChI=1S/C15H22N2O/c1-3-14(12-8-5-4-6-9-12)17-11-7-10-13(16-2)15(17)18/h4-6,8-9,13-14,16H,3,7,10-11H2,1-2H3. The fraction of sp³-hybridized carbons (Fsp3) is 0.533. The number of piperidine rings is 1. The average Bonchev–Trinajstić information content (AvgIpc) is 2.43. The van der Waals surface area contributed by atoms with Crippen LogP contribution in [-0.2, 0) is 4.79 Å². The second-order valence-corrected chi connectivity index (χ2v) is 4.85. The first-order chi connectivity index (χ1) is 8.77. The molecule has 0 spiro atoms. The largest absolute Gasteiger partial charge is 0.334 e. The van der Waals surface area contributed by atoms with Crippen LogP contribution in [0.3, 0.4) is 0 Å². The molecule has 0 saturated carbocycles. The van der Waals surface area contributed by atoms with Crippen LogP contribution in [0.2, 0.25) is 0 Å². The molecule has 2 unspecified atom stereocenters. The lowest BCUT2D eigenvalue weighted by Crippen LogP contribution is -2.50. The number of nitrogens with zero attached hydrogens (tertiary/aromatic N) is 1. The Morgan fingerprint density at radius 2 is 2.11 bits per heavy atom. The summed E-state index contributed by atoms with van der Waals surface area (Å²) in [6.45, 7) is 3.03. The molecule has 1 aliphatic heterocycles. The highest BCUT2D eigenvalue weighted by Gasteiger charge is 2.31. The van der Waals surface area contributed by atoms with E-state index in [1.54, 1.807) is 0 Å². The van der Waals surface area contributed by atoms with Crippen LogP contribution in [-0.4, -0.2) is 30.4 Å². The minimum Gasteiger partial charge on any atom is -0.334 e. The lowest BCUT2D eigenvalue weighted by molar-refractivity contribution is -0.138. The van der Waals surface area contributed by atoms with Gasteiger partial charge in [0.15, 0.2) is 0 Å². The van der Waals surface area contributed by atoms with E-state index in [1.165, 1.54) is 5.56 Å². The zero-order chi connectivity index (χ0) is 13.0. The van der Waals surface area contributed by atoms with Gasteiger partial charge in [-0.05, 0) is 31.9 Å². The molecular formula is C15H22N2O. The Morgan fingerprint density at radius 1 is 1.39 bits per heavy atom. The number of rotatable bonds is 4. The Balaban J connectivity index is 2.20. The molecule has 1 heterocycles. The van der Waals surface area contributed by atoms with Gasteiger partial charge < -0.3 is 10.2 Å². The third-order valence-electron chi connectivity index (χ3n) is 3.77. The highest BCUT2D eigenvalue weighted by Crippen LogP contribution is 2.27. The van der Waals surface area contributed by atoms with Gasteiger partial charge in [-0.3, -0.25) is 4.79 Å². The van der Waals surface area contributed by atoms with E-state index in [2.05, 4.69) is 24.4 Å². The number of carbonyl (C=O) groups excluding carboxylic acids is 1. The fourth-order valence-corrected chi connectivity index (χ4v) is 2.79. The van der Waals surface area contributed by atoms with Gasteiger partial charge >= 0.3 is 0 Å². The SMILES string of the molecule is CCC(c1ccccc1)N1CCCC(NC)C1=O. The molecule has 2 rings (SSSR count). The first-order valence-electron chi connectivity index (χ1n) is 6.80. The lowest BCUT2D eigenvalue weighted by Gasteiger charge is -2.38. The first-order valence-corrected chi connectivity index (χ1v) is 6.80. The molecule has 18 heavy (non-hydrogen) atoms. The van der Waals surface area contributed by atoms with Crippen LogP contribution in [0.4, 0.5) is 0 Å². The topological polar surface area (TPSA) is 32.3 Å². The summed E-state index contributed by atoms with van der Waals surface area (Å²) >= 11 is 0. The number of likely N-dealkylation sites (N-methyl/N-ethyl adjacent to an activating group) is 1. The van der Waals surface area contributed by atoms with Crippen LogP contribution >= 0.6 is 0 Å². The van der Waals surface area contributed by atoms with Gasteiger partial charge in [0.05, 0.1) is 12.1 Å². The lowest BCUT2D eigenvalue weighted by atomic mass is 9.97. The van der Waals surface area contributed by atoms with Crippen molar-refractivity contribution >= 4 is 5.91 Å². The minimum absolute atomic E-state index is 0.00323. The zero-order valence-corrected chi connectivity index (χ0v) is 11.2. The number of hydrogen-bond donors (Lipinski definition) is 1. The van der Waals surface area contributed by atoms with Crippen LogP contribution in [0.1, 0.15) is 37.8 Å². The van der Waals surface area contributed by atoms with Crippen LogP contribution in [0.5, 0.6) is 0 Å². The summed E-state index contributed by atoms with van der Waals surface area (Å²) in [5.74, 6) is 0.249. The van der Waals surface area contributed by atoms with Crippen molar-refractivity contribution < 1.29 is 4.79 Å². The van der Waals surface area contributed by atoms with E-state index in [1.807, 2.05) is 30.1 Å². The Bertz CT molecular complexity index is 391. The molecule has 0 radical (unpaired) electrons. The smallest absolute Gasteiger partial charge is 0.240 e.